The molecular formula is C18H12F3N3O3. The molecule has 1 atom stereocenters. The molecule has 0 radical (unpaired) electrons. The Bertz CT molecular complexity index is 954. The minimum absolute atomic E-state index is 0.322. The summed E-state index contributed by atoms with van der Waals surface area (Å²) in [6, 6.07) is 11.8. The van der Waals surface area contributed by atoms with Crippen LogP contribution in [0.15, 0.2) is 71.3 Å². The zero-order valence-electron chi connectivity index (χ0n) is 13.6. The van der Waals surface area contributed by atoms with E-state index < -0.39 is 17.8 Å². The molecule has 0 amide bonds. The number of nitrogens with one attached hydrogen (secondary N) is 1. The van der Waals surface area contributed by atoms with Crippen molar-refractivity contribution in [2.45, 2.75) is 12.3 Å². The van der Waals surface area contributed by atoms with Gasteiger partial charge in [-0.25, -0.2) is 5.48 Å². The second kappa shape index (κ2) is 6.76. The van der Waals surface area contributed by atoms with Gasteiger partial charge in [0, 0.05) is 11.6 Å². The number of ether oxygens (including phenoxy) is 1. The highest BCUT2D eigenvalue weighted by atomic mass is 19.4. The number of hydrogen-bond acceptors (Lipinski definition) is 6. The molecular weight excluding hydrogens is 363 g/mol. The van der Waals surface area contributed by atoms with Crippen LogP contribution in [0.1, 0.15) is 17.2 Å². The molecule has 1 aliphatic rings. The molecule has 0 aliphatic carbocycles. The van der Waals surface area contributed by atoms with E-state index in [0.717, 1.165) is 12.1 Å². The Morgan fingerprint density at radius 3 is 2.59 bits per heavy atom. The number of hydrogen-bond donors (Lipinski definition) is 1. The van der Waals surface area contributed by atoms with Crippen LogP contribution in [0.5, 0.6) is 5.75 Å². The van der Waals surface area contributed by atoms with Gasteiger partial charge >= 0.3 is 6.18 Å². The quantitative estimate of drug-likeness (QED) is 0.735. The van der Waals surface area contributed by atoms with Crippen LogP contribution in [0.4, 0.5) is 13.2 Å². The van der Waals surface area contributed by atoms with Crippen molar-refractivity contribution < 1.29 is 27.2 Å². The smallest absolute Gasteiger partial charge is 0.416 e. The van der Waals surface area contributed by atoms with Crippen LogP contribution in [0.25, 0.3) is 11.5 Å². The predicted molar refractivity (Wildman–Crippen MR) is 86.9 cm³/mol. The van der Waals surface area contributed by atoms with Gasteiger partial charge in [-0.2, -0.15) is 13.2 Å². The summed E-state index contributed by atoms with van der Waals surface area (Å²) in [4.78, 5) is 5.36. The van der Waals surface area contributed by atoms with Crippen molar-refractivity contribution in [3.05, 3.63) is 78.0 Å². The average Bonchev–Trinajstić information content (AvgIpc) is 3.33. The van der Waals surface area contributed by atoms with E-state index in [2.05, 4.69) is 15.7 Å². The molecule has 0 saturated heterocycles. The first-order valence-corrected chi connectivity index (χ1v) is 7.84. The average molecular weight is 375 g/mol. The highest BCUT2D eigenvalue weighted by molar-refractivity contribution is 5.55. The number of alkyl halides is 3. The molecule has 0 spiro atoms. The van der Waals surface area contributed by atoms with Gasteiger partial charge < -0.3 is 9.15 Å². The number of hydroxylamine groups is 1. The monoisotopic (exact) mass is 375 g/mol. The van der Waals surface area contributed by atoms with E-state index in [4.69, 9.17) is 14.0 Å². The van der Waals surface area contributed by atoms with Gasteiger partial charge in [0.25, 0.3) is 0 Å². The molecule has 27 heavy (non-hydrogen) atoms. The molecule has 0 fully saturated rings. The van der Waals surface area contributed by atoms with Crippen molar-refractivity contribution in [1.82, 2.24) is 15.7 Å². The number of halogens is 3. The lowest BCUT2D eigenvalue weighted by Gasteiger charge is -2.10. The normalized spacial score (nSPS) is 16.7. The molecule has 1 aromatic heterocycles. The Hall–Kier alpha value is -3.33. The van der Waals surface area contributed by atoms with Gasteiger partial charge in [0.05, 0.1) is 5.56 Å². The summed E-state index contributed by atoms with van der Waals surface area (Å²) in [5.41, 5.74) is 3.15. The Morgan fingerprint density at radius 1 is 1.07 bits per heavy atom. The second-order valence-corrected chi connectivity index (χ2v) is 5.66. The summed E-state index contributed by atoms with van der Waals surface area (Å²) in [5, 5.41) is 7.45. The standard InChI is InChI=1S/C18H12F3N3O3/c19-18(20,21)13-6-4-11(5-7-13)15-9-16(24-27-15)26-14-3-1-2-12(8-14)17-23-22-10-25-17/h1-10,15,24H. The molecule has 1 unspecified atom stereocenters. The minimum atomic E-state index is -4.37. The molecule has 2 heterocycles. The summed E-state index contributed by atoms with van der Waals surface area (Å²) >= 11 is 0. The van der Waals surface area contributed by atoms with Gasteiger partial charge in [-0.05, 0) is 35.9 Å². The Balaban J connectivity index is 1.48. The van der Waals surface area contributed by atoms with E-state index in [0.29, 0.717) is 28.7 Å². The Morgan fingerprint density at radius 2 is 1.89 bits per heavy atom. The zero-order chi connectivity index (χ0) is 18.9. The van der Waals surface area contributed by atoms with E-state index >= 15 is 0 Å². The first-order valence-electron chi connectivity index (χ1n) is 7.84. The molecule has 2 aromatic carbocycles. The van der Waals surface area contributed by atoms with Gasteiger partial charge in [-0.15, -0.1) is 10.2 Å². The molecule has 1 N–H and O–H groups in total. The van der Waals surface area contributed by atoms with Crippen LogP contribution in [0.2, 0.25) is 0 Å². The zero-order valence-corrected chi connectivity index (χ0v) is 13.6. The summed E-state index contributed by atoms with van der Waals surface area (Å²) in [7, 11) is 0. The number of rotatable bonds is 4. The fraction of sp³-hybridized carbons (Fsp3) is 0.111. The van der Waals surface area contributed by atoms with E-state index in [9.17, 15) is 13.2 Å². The van der Waals surface area contributed by atoms with Gasteiger partial charge in [-0.3, -0.25) is 4.84 Å². The van der Waals surface area contributed by atoms with Crippen molar-refractivity contribution in [1.29, 1.82) is 0 Å². The van der Waals surface area contributed by atoms with Crippen molar-refractivity contribution in [3.63, 3.8) is 0 Å². The number of nitrogens with zero attached hydrogens (tertiary/aromatic N) is 2. The fourth-order valence-electron chi connectivity index (χ4n) is 2.53. The van der Waals surface area contributed by atoms with Crippen molar-refractivity contribution in [2.24, 2.45) is 0 Å². The van der Waals surface area contributed by atoms with Gasteiger partial charge in [-0.1, -0.05) is 18.2 Å². The third kappa shape index (κ3) is 3.77. The van der Waals surface area contributed by atoms with Gasteiger partial charge in [0.1, 0.15) is 11.9 Å². The summed E-state index contributed by atoms with van der Waals surface area (Å²) in [6.07, 6.45) is -2.09. The Kier molecular flexibility index (Phi) is 4.28. The van der Waals surface area contributed by atoms with Crippen LogP contribution < -0.4 is 10.2 Å². The van der Waals surface area contributed by atoms with Crippen molar-refractivity contribution in [2.75, 3.05) is 0 Å². The minimum Gasteiger partial charge on any atom is -0.439 e. The fourth-order valence-corrected chi connectivity index (χ4v) is 2.53. The maximum atomic E-state index is 12.6. The Labute approximate surface area is 151 Å². The molecule has 6 nitrogen and oxygen atoms in total. The molecule has 138 valence electrons. The largest absolute Gasteiger partial charge is 0.439 e. The highest BCUT2D eigenvalue weighted by Gasteiger charge is 2.30. The van der Waals surface area contributed by atoms with Crippen LogP contribution >= 0.6 is 0 Å². The number of benzene rings is 2. The van der Waals surface area contributed by atoms with E-state index in [1.807, 2.05) is 0 Å². The van der Waals surface area contributed by atoms with E-state index in [1.54, 1.807) is 30.3 Å². The maximum absolute atomic E-state index is 12.6. The SMILES string of the molecule is FC(F)(F)c1ccc(C2C=C(Oc3cccc(-c4nnco4)c3)NO2)cc1. The van der Waals surface area contributed by atoms with Crippen LogP contribution in [-0.4, -0.2) is 10.2 Å². The molecule has 3 aromatic rings. The molecule has 9 heteroatoms. The summed E-state index contributed by atoms with van der Waals surface area (Å²) in [6.45, 7) is 0. The predicted octanol–water partition coefficient (Wildman–Crippen LogP) is 4.25. The van der Waals surface area contributed by atoms with Crippen LogP contribution in [-0.2, 0) is 11.0 Å². The summed E-state index contributed by atoms with van der Waals surface area (Å²) in [5.74, 6) is 1.18. The first kappa shape index (κ1) is 17.1. The molecule has 1 aliphatic heterocycles. The van der Waals surface area contributed by atoms with E-state index in [-0.39, 0.29) is 0 Å². The van der Waals surface area contributed by atoms with Crippen molar-refractivity contribution in [3.8, 4) is 17.2 Å². The third-order valence-electron chi connectivity index (χ3n) is 3.82. The molecule has 4 rings (SSSR count). The lowest BCUT2D eigenvalue weighted by atomic mass is 10.1. The topological polar surface area (TPSA) is 69.4 Å². The first-order chi connectivity index (χ1) is 13.0. The summed E-state index contributed by atoms with van der Waals surface area (Å²) < 4.78 is 48.8. The number of aromatic nitrogens is 2. The second-order valence-electron chi connectivity index (χ2n) is 5.66. The lowest BCUT2D eigenvalue weighted by molar-refractivity contribution is -0.137. The third-order valence-corrected chi connectivity index (χ3v) is 3.82. The van der Waals surface area contributed by atoms with Crippen molar-refractivity contribution >= 4 is 0 Å². The molecule has 0 saturated carbocycles. The molecule has 0 bridgehead atoms. The van der Waals surface area contributed by atoms with Crippen LogP contribution in [0.3, 0.4) is 0 Å². The lowest BCUT2D eigenvalue weighted by Crippen LogP contribution is -2.12. The van der Waals surface area contributed by atoms with Gasteiger partial charge in [0.2, 0.25) is 18.2 Å². The maximum Gasteiger partial charge on any atom is 0.416 e. The van der Waals surface area contributed by atoms with Gasteiger partial charge in [0.15, 0.2) is 0 Å². The van der Waals surface area contributed by atoms with E-state index in [1.165, 1.54) is 18.5 Å². The van der Waals surface area contributed by atoms with Crippen LogP contribution in [0, 0.1) is 0 Å². The highest BCUT2D eigenvalue weighted by Crippen LogP contribution is 2.32.